The molecule has 0 atom stereocenters. The predicted molar refractivity (Wildman–Crippen MR) is 255 cm³/mol. The molecule has 12 rings (SSSR count). The minimum absolute atomic E-state index is 0.862. The van der Waals surface area contributed by atoms with Gasteiger partial charge in [0.15, 0.2) is 0 Å². The van der Waals surface area contributed by atoms with E-state index in [1.54, 1.807) is 0 Å². The summed E-state index contributed by atoms with van der Waals surface area (Å²) in [6, 6.07) is 81.3. The first-order valence-corrected chi connectivity index (χ1v) is 20.6. The average Bonchev–Trinajstić information content (AvgIpc) is 3.71. The Balaban J connectivity index is 1.01. The van der Waals surface area contributed by atoms with E-state index in [1.165, 1.54) is 59.8 Å². The zero-order valence-electron chi connectivity index (χ0n) is 32.7. The molecule has 0 amide bonds. The number of anilines is 3. The first-order valence-electron chi connectivity index (χ1n) is 20.6. The second-order valence-corrected chi connectivity index (χ2v) is 15.6. The number of benzene rings is 11. The Labute approximate surface area is 347 Å². The van der Waals surface area contributed by atoms with Crippen LogP contribution in [0.4, 0.5) is 17.1 Å². The molecule has 11 aromatic carbocycles. The van der Waals surface area contributed by atoms with Gasteiger partial charge in [-0.2, -0.15) is 0 Å². The van der Waals surface area contributed by atoms with E-state index in [2.05, 4.69) is 223 Å². The molecule has 2 heteroatoms. The van der Waals surface area contributed by atoms with Gasteiger partial charge in [0.1, 0.15) is 11.2 Å². The maximum absolute atomic E-state index is 6.48. The molecule has 60 heavy (non-hydrogen) atoms. The first-order chi connectivity index (χ1) is 29.7. The van der Waals surface area contributed by atoms with Crippen molar-refractivity contribution in [2.45, 2.75) is 0 Å². The van der Waals surface area contributed by atoms with E-state index in [9.17, 15) is 0 Å². The van der Waals surface area contributed by atoms with Crippen LogP contribution in [0, 0.1) is 0 Å². The predicted octanol–water partition coefficient (Wildman–Crippen LogP) is 16.7. The molecule has 0 saturated carbocycles. The van der Waals surface area contributed by atoms with Crippen LogP contribution in [0.25, 0.3) is 98.4 Å². The highest BCUT2D eigenvalue weighted by atomic mass is 16.3. The van der Waals surface area contributed by atoms with Crippen LogP contribution >= 0.6 is 0 Å². The molecule has 0 aliphatic heterocycles. The topological polar surface area (TPSA) is 16.4 Å². The summed E-state index contributed by atoms with van der Waals surface area (Å²) >= 11 is 0. The molecule has 0 aliphatic rings. The highest BCUT2D eigenvalue weighted by Gasteiger charge is 2.23. The van der Waals surface area contributed by atoms with Gasteiger partial charge >= 0.3 is 0 Å². The van der Waals surface area contributed by atoms with Crippen LogP contribution in [-0.4, -0.2) is 0 Å². The van der Waals surface area contributed by atoms with Crippen LogP contribution < -0.4 is 4.90 Å². The third kappa shape index (κ3) is 5.57. The van der Waals surface area contributed by atoms with Crippen molar-refractivity contribution in [2.75, 3.05) is 4.90 Å². The van der Waals surface area contributed by atoms with Gasteiger partial charge in [0.2, 0.25) is 0 Å². The van der Waals surface area contributed by atoms with Crippen LogP contribution in [0.5, 0.6) is 0 Å². The molecule has 1 aromatic heterocycles. The Hall–Kier alpha value is -7.94. The number of furan rings is 1. The molecule has 0 N–H and O–H groups in total. The molecule has 0 unspecified atom stereocenters. The lowest BCUT2D eigenvalue weighted by atomic mass is 9.93. The standard InChI is InChI=1S/C58H37NO/c1-3-16-46-40(12-1)30-31-44-36-43(33-34-48(44)46)39-28-26-38(27-29-39)42-14-9-15-45(37-42)59(55-23-11-25-57-58(55)53-19-6-8-24-56(53)60-57)54-22-7-5-18-52(54)50-21-10-20-49-47-17-4-2-13-41(47)32-35-51(49)50/h1-37H. The van der Waals surface area contributed by atoms with Crippen molar-refractivity contribution >= 4 is 82.1 Å². The molecule has 0 saturated heterocycles. The van der Waals surface area contributed by atoms with E-state index in [-0.39, 0.29) is 0 Å². The van der Waals surface area contributed by atoms with Crippen molar-refractivity contribution < 1.29 is 4.42 Å². The Bertz CT molecular complexity index is 3610. The quantitative estimate of drug-likeness (QED) is 0.157. The number of rotatable bonds is 6. The molecule has 1 heterocycles. The highest BCUT2D eigenvalue weighted by Crippen LogP contribution is 2.47. The Morgan fingerprint density at radius 1 is 0.283 bits per heavy atom. The van der Waals surface area contributed by atoms with E-state index in [0.717, 1.165) is 55.7 Å². The van der Waals surface area contributed by atoms with Crippen LogP contribution in [0.3, 0.4) is 0 Å². The van der Waals surface area contributed by atoms with Crippen molar-refractivity contribution in [3.05, 3.63) is 224 Å². The fourth-order valence-corrected chi connectivity index (χ4v) is 9.39. The molecule has 0 bridgehead atoms. The van der Waals surface area contributed by atoms with Crippen LogP contribution in [0.15, 0.2) is 229 Å². The Morgan fingerprint density at radius 3 is 1.65 bits per heavy atom. The maximum Gasteiger partial charge on any atom is 0.137 e. The number of nitrogens with zero attached hydrogens (tertiary/aromatic N) is 1. The molecule has 0 aliphatic carbocycles. The van der Waals surface area contributed by atoms with Gasteiger partial charge in [-0.15, -0.1) is 0 Å². The van der Waals surface area contributed by atoms with Crippen LogP contribution in [0.2, 0.25) is 0 Å². The van der Waals surface area contributed by atoms with E-state index >= 15 is 0 Å². The molecule has 0 fully saturated rings. The summed E-state index contributed by atoms with van der Waals surface area (Å²) in [5.74, 6) is 0. The van der Waals surface area contributed by atoms with Gasteiger partial charge in [0.05, 0.1) is 16.8 Å². The number of fused-ring (bicyclic) bond motifs is 9. The zero-order valence-corrected chi connectivity index (χ0v) is 32.7. The second kappa shape index (κ2) is 13.9. The Morgan fingerprint density at radius 2 is 0.817 bits per heavy atom. The molecule has 0 spiro atoms. The summed E-state index contributed by atoms with van der Waals surface area (Å²) in [7, 11) is 0. The third-order valence-corrected chi connectivity index (χ3v) is 12.2. The number of hydrogen-bond acceptors (Lipinski definition) is 2. The molecular formula is C58H37NO. The second-order valence-electron chi connectivity index (χ2n) is 15.6. The van der Waals surface area contributed by atoms with E-state index in [0.29, 0.717) is 0 Å². The summed E-state index contributed by atoms with van der Waals surface area (Å²) in [5.41, 5.74) is 12.0. The van der Waals surface area contributed by atoms with E-state index in [4.69, 9.17) is 4.42 Å². The normalized spacial score (nSPS) is 11.7. The number of para-hydroxylation sites is 2. The summed E-state index contributed by atoms with van der Waals surface area (Å²) in [4.78, 5) is 2.43. The molecule has 12 aromatic rings. The van der Waals surface area contributed by atoms with Gasteiger partial charge in [-0.25, -0.2) is 0 Å². The van der Waals surface area contributed by atoms with Crippen molar-refractivity contribution in [1.82, 2.24) is 0 Å². The lowest BCUT2D eigenvalue weighted by Crippen LogP contribution is -2.11. The molecule has 0 radical (unpaired) electrons. The highest BCUT2D eigenvalue weighted by molar-refractivity contribution is 6.16. The van der Waals surface area contributed by atoms with Gasteiger partial charge in [-0.05, 0) is 113 Å². The molecule has 280 valence electrons. The fourth-order valence-electron chi connectivity index (χ4n) is 9.39. The minimum atomic E-state index is 0.862. The van der Waals surface area contributed by atoms with Gasteiger partial charge in [0, 0.05) is 16.6 Å². The molecule has 2 nitrogen and oxygen atoms in total. The minimum Gasteiger partial charge on any atom is -0.456 e. The summed E-state index contributed by atoms with van der Waals surface area (Å²) in [6.45, 7) is 0. The summed E-state index contributed by atoms with van der Waals surface area (Å²) in [6.07, 6.45) is 0. The maximum atomic E-state index is 6.48. The van der Waals surface area contributed by atoms with Crippen molar-refractivity contribution in [3.63, 3.8) is 0 Å². The van der Waals surface area contributed by atoms with Crippen molar-refractivity contribution in [2.24, 2.45) is 0 Å². The SMILES string of the molecule is c1cc(-c2ccc(-c3ccc4c(ccc5ccccc54)c3)cc2)cc(N(c2ccccc2-c2cccc3c2ccc2ccccc23)c2cccc3oc4ccccc4c23)c1. The van der Waals surface area contributed by atoms with Gasteiger partial charge in [-0.3, -0.25) is 0 Å². The van der Waals surface area contributed by atoms with Crippen LogP contribution in [-0.2, 0) is 0 Å². The van der Waals surface area contributed by atoms with Gasteiger partial charge in [-0.1, -0.05) is 182 Å². The lowest BCUT2D eigenvalue weighted by Gasteiger charge is -2.29. The Kier molecular flexibility index (Phi) is 7.89. The van der Waals surface area contributed by atoms with Crippen molar-refractivity contribution in [1.29, 1.82) is 0 Å². The fraction of sp³-hybridized carbons (Fsp3) is 0. The summed E-state index contributed by atoms with van der Waals surface area (Å²) in [5, 5.41) is 12.2. The van der Waals surface area contributed by atoms with E-state index in [1.807, 2.05) is 6.07 Å². The average molecular weight is 764 g/mol. The molecular weight excluding hydrogens is 727 g/mol. The van der Waals surface area contributed by atoms with Gasteiger partial charge in [0.25, 0.3) is 0 Å². The van der Waals surface area contributed by atoms with E-state index < -0.39 is 0 Å². The largest absolute Gasteiger partial charge is 0.456 e. The first kappa shape index (κ1) is 34.1. The summed E-state index contributed by atoms with van der Waals surface area (Å²) < 4.78 is 6.48. The van der Waals surface area contributed by atoms with Crippen LogP contribution in [0.1, 0.15) is 0 Å². The zero-order chi connectivity index (χ0) is 39.6. The third-order valence-electron chi connectivity index (χ3n) is 12.2. The van der Waals surface area contributed by atoms with Crippen molar-refractivity contribution in [3.8, 4) is 33.4 Å². The smallest absolute Gasteiger partial charge is 0.137 e. The number of hydrogen-bond donors (Lipinski definition) is 0. The lowest BCUT2D eigenvalue weighted by molar-refractivity contribution is 0.669. The monoisotopic (exact) mass is 763 g/mol. The van der Waals surface area contributed by atoms with Gasteiger partial charge < -0.3 is 9.32 Å².